The molecule has 2 unspecified atom stereocenters. The number of hydrogen-bond donors (Lipinski definition) is 1. The summed E-state index contributed by atoms with van der Waals surface area (Å²) in [6.07, 6.45) is 12.0. The molecule has 2 atom stereocenters. The van der Waals surface area contributed by atoms with Gasteiger partial charge in [0.05, 0.1) is 10.8 Å². The molecule has 4 fully saturated rings. The average Bonchev–Trinajstić information content (AvgIpc) is 2.88. The Morgan fingerprint density at radius 1 is 0.727 bits per heavy atom. The first-order valence-electron chi connectivity index (χ1n) is 9.37. The van der Waals surface area contributed by atoms with E-state index in [0.717, 1.165) is 25.7 Å². The summed E-state index contributed by atoms with van der Waals surface area (Å²) in [7, 11) is 0. The minimum absolute atomic E-state index is 0.0694. The second kappa shape index (κ2) is 4.58. The fourth-order valence-corrected chi connectivity index (χ4v) is 7.28. The minimum Gasteiger partial charge on any atom is -0.295 e. The molecule has 0 radical (unpaired) electrons. The van der Waals surface area contributed by atoms with Gasteiger partial charge in [-0.25, -0.2) is 0 Å². The summed E-state index contributed by atoms with van der Waals surface area (Å²) in [4.78, 5) is 26.0. The van der Waals surface area contributed by atoms with Crippen molar-refractivity contribution < 1.29 is 9.59 Å². The average molecular weight is 303 g/mol. The molecule has 4 rings (SSSR count). The summed E-state index contributed by atoms with van der Waals surface area (Å²) >= 11 is 0. The van der Waals surface area contributed by atoms with Crippen LogP contribution in [-0.4, -0.2) is 11.8 Å². The molecule has 0 aromatic carbocycles. The van der Waals surface area contributed by atoms with Gasteiger partial charge in [0, 0.05) is 0 Å². The Morgan fingerprint density at radius 3 is 1.45 bits per heavy atom. The molecule has 1 saturated heterocycles. The van der Waals surface area contributed by atoms with Crippen LogP contribution >= 0.6 is 0 Å². The van der Waals surface area contributed by atoms with Gasteiger partial charge in [-0.05, 0) is 42.9 Å². The quantitative estimate of drug-likeness (QED) is 0.788. The molecule has 3 nitrogen and oxygen atoms in total. The van der Waals surface area contributed by atoms with E-state index in [1.807, 2.05) is 0 Å². The molecule has 0 bridgehead atoms. The molecule has 3 heteroatoms. The molecule has 0 spiro atoms. The van der Waals surface area contributed by atoms with Crippen molar-refractivity contribution in [2.45, 2.75) is 78.1 Å². The lowest BCUT2D eigenvalue weighted by Gasteiger charge is -2.33. The van der Waals surface area contributed by atoms with Gasteiger partial charge in [0.1, 0.15) is 0 Å². The maximum absolute atomic E-state index is 13.0. The van der Waals surface area contributed by atoms with Gasteiger partial charge in [-0.3, -0.25) is 14.9 Å². The minimum atomic E-state index is -0.389. The van der Waals surface area contributed by atoms with Gasteiger partial charge in [0.2, 0.25) is 11.8 Å². The first kappa shape index (κ1) is 14.7. The zero-order valence-electron chi connectivity index (χ0n) is 14.0. The lowest BCUT2D eigenvalue weighted by atomic mass is 9.68. The van der Waals surface area contributed by atoms with Crippen molar-refractivity contribution in [2.24, 2.45) is 28.1 Å². The SMILES string of the molecule is CC1(C)C2(C3CCCCC3)C(=O)NC(=O)C12C1CCCCC1. The number of nitrogens with one attached hydrogen (secondary N) is 1. The summed E-state index contributed by atoms with van der Waals surface area (Å²) in [6, 6.07) is 0. The van der Waals surface area contributed by atoms with Crippen LogP contribution in [0.5, 0.6) is 0 Å². The fraction of sp³-hybridized carbons (Fsp3) is 0.895. The third kappa shape index (κ3) is 1.36. The van der Waals surface area contributed by atoms with Gasteiger partial charge in [-0.1, -0.05) is 52.4 Å². The van der Waals surface area contributed by atoms with Gasteiger partial charge in [-0.2, -0.15) is 0 Å². The van der Waals surface area contributed by atoms with Crippen molar-refractivity contribution in [3.63, 3.8) is 0 Å². The van der Waals surface area contributed by atoms with Crippen molar-refractivity contribution in [3.05, 3.63) is 0 Å². The molecule has 22 heavy (non-hydrogen) atoms. The molecule has 0 aromatic rings. The maximum Gasteiger partial charge on any atom is 0.234 e. The Hall–Kier alpha value is -0.860. The van der Waals surface area contributed by atoms with Crippen molar-refractivity contribution >= 4 is 11.8 Å². The van der Waals surface area contributed by atoms with Crippen LogP contribution in [0.1, 0.15) is 78.1 Å². The molecular formula is C19H29NO2. The van der Waals surface area contributed by atoms with E-state index in [1.165, 1.54) is 38.5 Å². The summed E-state index contributed by atoms with van der Waals surface area (Å²) < 4.78 is 0. The predicted molar refractivity (Wildman–Crippen MR) is 84.9 cm³/mol. The van der Waals surface area contributed by atoms with Crippen LogP contribution in [0.3, 0.4) is 0 Å². The number of carbonyl (C=O) groups excluding carboxylic acids is 2. The van der Waals surface area contributed by atoms with E-state index < -0.39 is 0 Å². The Kier molecular flexibility index (Phi) is 3.06. The zero-order chi connectivity index (χ0) is 15.6. The van der Waals surface area contributed by atoms with Crippen molar-refractivity contribution in [1.82, 2.24) is 5.32 Å². The van der Waals surface area contributed by atoms with Gasteiger partial charge < -0.3 is 0 Å². The number of rotatable bonds is 2. The van der Waals surface area contributed by atoms with E-state index in [2.05, 4.69) is 19.2 Å². The lowest BCUT2D eigenvalue weighted by Crippen LogP contribution is -2.39. The first-order chi connectivity index (χ1) is 10.5. The third-order valence-electron chi connectivity index (χ3n) is 7.91. The molecule has 0 aromatic heterocycles. The fourth-order valence-electron chi connectivity index (χ4n) is 7.28. The Labute approximate surface area is 133 Å². The highest BCUT2D eigenvalue weighted by molar-refractivity contribution is 6.16. The summed E-state index contributed by atoms with van der Waals surface area (Å²) in [5.41, 5.74) is -0.928. The standard InChI is InChI=1S/C19H29NO2/c1-17(2)18(13-9-5-3-6-10-13)15(21)20-16(22)19(17,18)14-11-7-4-8-12-14/h13-14H,3-12H2,1-2H3,(H,20,21,22). The van der Waals surface area contributed by atoms with Crippen LogP contribution in [-0.2, 0) is 9.59 Å². The third-order valence-corrected chi connectivity index (χ3v) is 7.91. The summed E-state index contributed by atoms with van der Waals surface area (Å²) in [5.74, 6) is 0.981. The molecule has 4 aliphatic rings. The molecule has 1 heterocycles. The number of fused-ring (bicyclic) bond motifs is 1. The number of hydrogen-bond acceptors (Lipinski definition) is 2. The van der Waals surface area contributed by atoms with E-state index in [-0.39, 0.29) is 28.1 Å². The number of imide groups is 1. The molecular weight excluding hydrogens is 274 g/mol. The largest absolute Gasteiger partial charge is 0.295 e. The van der Waals surface area contributed by atoms with Gasteiger partial charge in [0.15, 0.2) is 0 Å². The van der Waals surface area contributed by atoms with E-state index in [4.69, 9.17) is 0 Å². The Balaban J connectivity index is 1.80. The smallest absolute Gasteiger partial charge is 0.234 e. The van der Waals surface area contributed by atoms with Crippen molar-refractivity contribution in [3.8, 4) is 0 Å². The van der Waals surface area contributed by atoms with Gasteiger partial charge in [-0.15, -0.1) is 0 Å². The number of piperidine rings is 1. The molecule has 1 N–H and O–H groups in total. The lowest BCUT2D eigenvalue weighted by molar-refractivity contribution is -0.133. The van der Waals surface area contributed by atoms with E-state index in [9.17, 15) is 9.59 Å². The van der Waals surface area contributed by atoms with E-state index in [0.29, 0.717) is 11.8 Å². The highest BCUT2D eigenvalue weighted by Crippen LogP contribution is 2.87. The molecule has 3 saturated carbocycles. The zero-order valence-corrected chi connectivity index (χ0v) is 14.0. The molecule has 122 valence electrons. The van der Waals surface area contributed by atoms with Crippen molar-refractivity contribution in [1.29, 1.82) is 0 Å². The van der Waals surface area contributed by atoms with E-state index >= 15 is 0 Å². The second-order valence-electron chi connectivity index (χ2n) is 8.69. The van der Waals surface area contributed by atoms with Gasteiger partial charge in [0.25, 0.3) is 0 Å². The van der Waals surface area contributed by atoms with Crippen LogP contribution in [0.25, 0.3) is 0 Å². The van der Waals surface area contributed by atoms with Crippen LogP contribution in [0.2, 0.25) is 0 Å². The number of carbonyl (C=O) groups is 2. The number of amides is 2. The molecule has 3 aliphatic carbocycles. The summed E-state index contributed by atoms with van der Waals surface area (Å²) in [5, 5.41) is 2.77. The Morgan fingerprint density at radius 2 is 1.09 bits per heavy atom. The first-order valence-corrected chi connectivity index (χ1v) is 9.37. The van der Waals surface area contributed by atoms with Crippen LogP contribution < -0.4 is 5.32 Å². The maximum atomic E-state index is 13.0. The molecule has 1 aliphatic heterocycles. The normalized spacial score (nSPS) is 42.1. The van der Waals surface area contributed by atoms with Crippen LogP contribution in [0.15, 0.2) is 0 Å². The highest BCUT2D eigenvalue weighted by Gasteiger charge is 2.94. The van der Waals surface area contributed by atoms with E-state index in [1.54, 1.807) is 0 Å². The second-order valence-corrected chi connectivity index (χ2v) is 8.69. The van der Waals surface area contributed by atoms with Crippen LogP contribution in [0.4, 0.5) is 0 Å². The Bertz CT molecular complexity index is 470. The predicted octanol–water partition coefficient (Wildman–Crippen LogP) is 3.82. The van der Waals surface area contributed by atoms with Crippen LogP contribution in [0, 0.1) is 28.1 Å². The summed E-state index contributed by atoms with van der Waals surface area (Å²) in [6.45, 7) is 4.43. The molecule has 2 amide bonds. The highest BCUT2D eigenvalue weighted by atomic mass is 16.2. The van der Waals surface area contributed by atoms with Crippen molar-refractivity contribution in [2.75, 3.05) is 0 Å². The van der Waals surface area contributed by atoms with Gasteiger partial charge >= 0.3 is 0 Å². The monoisotopic (exact) mass is 303 g/mol. The topological polar surface area (TPSA) is 46.2 Å².